The predicted molar refractivity (Wildman–Crippen MR) is 59.4 cm³/mol. The van der Waals surface area contributed by atoms with Crippen LogP contribution in [0.3, 0.4) is 0 Å². The smallest absolute Gasteiger partial charge is 0.0639 e. The maximum absolute atomic E-state index is 5.88. The van der Waals surface area contributed by atoms with Gasteiger partial charge in [0, 0.05) is 9.50 Å². The van der Waals surface area contributed by atoms with Gasteiger partial charge in [0.15, 0.2) is 0 Å². The van der Waals surface area contributed by atoms with Gasteiger partial charge in [-0.2, -0.15) is 0 Å². The zero-order valence-electron chi connectivity index (χ0n) is 6.93. The van der Waals surface area contributed by atoms with Gasteiger partial charge in [0.25, 0.3) is 0 Å². The molecule has 0 saturated carbocycles. The molecular weight excluding hydrogens is 251 g/mol. The molecular formula is C9H10BrClN2. The molecule has 1 rings (SSSR count). The van der Waals surface area contributed by atoms with Crippen molar-refractivity contribution in [2.24, 2.45) is 5.84 Å². The van der Waals surface area contributed by atoms with Gasteiger partial charge in [0.05, 0.1) is 6.04 Å². The number of halogens is 2. The molecule has 0 aliphatic rings. The molecule has 0 aromatic heterocycles. The molecule has 0 radical (unpaired) electrons. The van der Waals surface area contributed by atoms with Crippen LogP contribution in [-0.4, -0.2) is 0 Å². The fraction of sp³-hybridized carbons (Fsp3) is 0.111. The molecule has 0 saturated heterocycles. The first-order valence-electron chi connectivity index (χ1n) is 3.72. The Hall–Kier alpha value is -0.350. The lowest BCUT2D eigenvalue weighted by Gasteiger charge is -2.11. The van der Waals surface area contributed by atoms with E-state index < -0.39 is 0 Å². The molecule has 70 valence electrons. The predicted octanol–water partition coefficient (Wildman–Crippen LogP) is 2.79. The third-order valence-corrected chi connectivity index (χ3v) is 2.34. The van der Waals surface area contributed by atoms with Gasteiger partial charge in [-0.05, 0) is 23.8 Å². The number of hydrazine groups is 1. The third kappa shape index (κ3) is 2.81. The zero-order valence-corrected chi connectivity index (χ0v) is 9.27. The Bertz CT molecular complexity index is 294. The van der Waals surface area contributed by atoms with Crippen LogP contribution in [0.25, 0.3) is 0 Å². The number of hydrogen-bond acceptors (Lipinski definition) is 2. The highest BCUT2D eigenvalue weighted by molar-refractivity contribution is 9.10. The number of nitrogens with one attached hydrogen (secondary N) is 1. The van der Waals surface area contributed by atoms with Crippen LogP contribution in [0.5, 0.6) is 0 Å². The van der Waals surface area contributed by atoms with Crippen LogP contribution in [-0.2, 0) is 0 Å². The van der Waals surface area contributed by atoms with E-state index >= 15 is 0 Å². The second-order valence-electron chi connectivity index (χ2n) is 2.58. The van der Waals surface area contributed by atoms with Crippen molar-refractivity contribution in [3.05, 3.63) is 45.9 Å². The lowest BCUT2D eigenvalue weighted by atomic mass is 10.1. The highest BCUT2D eigenvalue weighted by atomic mass is 79.9. The first-order valence-corrected chi connectivity index (χ1v) is 4.89. The van der Waals surface area contributed by atoms with E-state index in [4.69, 9.17) is 17.4 Å². The molecule has 1 aromatic rings. The molecule has 0 aliphatic carbocycles. The molecule has 1 atom stereocenters. The second-order valence-corrected chi connectivity index (χ2v) is 3.93. The number of rotatable bonds is 3. The minimum Gasteiger partial charge on any atom is -0.271 e. The Morgan fingerprint density at radius 3 is 2.69 bits per heavy atom. The fourth-order valence-electron chi connectivity index (χ4n) is 1.06. The quantitative estimate of drug-likeness (QED) is 0.499. The van der Waals surface area contributed by atoms with Crippen LogP contribution < -0.4 is 11.3 Å². The summed E-state index contributed by atoms with van der Waals surface area (Å²) < 4.78 is 0.928. The van der Waals surface area contributed by atoms with Gasteiger partial charge in [-0.25, -0.2) is 5.43 Å². The third-order valence-electron chi connectivity index (χ3n) is 1.66. The molecule has 0 aliphatic heterocycles. The summed E-state index contributed by atoms with van der Waals surface area (Å²) in [5.41, 5.74) is 3.61. The van der Waals surface area contributed by atoms with E-state index in [-0.39, 0.29) is 6.04 Å². The minimum atomic E-state index is -0.0741. The zero-order chi connectivity index (χ0) is 9.84. The Morgan fingerprint density at radius 1 is 1.54 bits per heavy atom. The SMILES string of the molecule is C=CC(NN)c1cc(Cl)cc(Br)c1. The van der Waals surface area contributed by atoms with Crippen molar-refractivity contribution in [1.82, 2.24) is 5.43 Å². The maximum atomic E-state index is 5.88. The highest BCUT2D eigenvalue weighted by Crippen LogP contribution is 2.23. The average Bonchev–Trinajstić information content (AvgIpc) is 2.04. The normalized spacial score (nSPS) is 12.5. The van der Waals surface area contributed by atoms with Crippen LogP contribution >= 0.6 is 27.5 Å². The van der Waals surface area contributed by atoms with Gasteiger partial charge in [0.2, 0.25) is 0 Å². The van der Waals surface area contributed by atoms with E-state index in [0.29, 0.717) is 5.02 Å². The van der Waals surface area contributed by atoms with Crippen LogP contribution in [0.1, 0.15) is 11.6 Å². The Labute approximate surface area is 90.9 Å². The molecule has 0 amide bonds. The van der Waals surface area contributed by atoms with Crippen molar-refractivity contribution in [2.45, 2.75) is 6.04 Å². The molecule has 1 unspecified atom stereocenters. The maximum Gasteiger partial charge on any atom is 0.0639 e. The summed E-state index contributed by atoms with van der Waals surface area (Å²) in [7, 11) is 0. The Kier molecular flexibility index (Phi) is 3.93. The number of benzene rings is 1. The summed E-state index contributed by atoms with van der Waals surface area (Å²) in [4.78, 5) is 0. The summed E-state index contributed by atoms with van der Waals surface area (Å²) >= 11 is 9.23. The monoisotopic (exact) mass is 260 g/mol. The van der Waals surface area contributed by atoms with Crippen molar-refractivity contribution in [2.75, 3.05) is 0 Å². The highest BCUT2D eigenvalue weighted by Gasteiger charge is 2.06. The van der Waals surface area contributed by atoms with E-state index in [2.05, 4.69) is 27.9 Å². The largest absolute Gasteiger partial charge is 0.271 e. The second kappa shape index (κ2) is 4.77. The van der Waals surface area contributed by atoms with Gasteiger partial charge in [0.1, 0.15) is 0 Å². The molecule has 0 spiro atoms. The van der Waals surface area contributed by atoms with E-state index in [1.54, 1.807) is 6.08 Å². The van der Waals surface area contributed by atoms with Gasteiger partial charge < -0.3 is 0 Å². The van der Waals surface area contributed by atoms with Crippen molar-refractivity contribution in [3.63, 3.8) is 0 Å². The Balaban J connectivity index is 3.05. The average molecular weight is 262 g/mol. The lowest BCUT2D eigenvalue weighted by molar-refractivity contribution is 0.656. The van der Waals surface area contributed by atoms with Crippen molar-refractivity contribution in [1.29, 1.82) is 0 Å². The van der Waals surface area contributed by atoms with Crippen LogP contribution in [0.15, 0.2) is 35.3 Å². The summed E-state index contributed by atoms with van der Waals surface area (Å²) in [5.74, 6) is 5.34. The van der Waals surface area contributed by atoms with E-state index in [0.717, 1.165) is 10.0 Å². The molecule has 4 heteroatoms. The molecule has 0 fully saturated rings. The number of hydrogen-bond donors (Lipinski definition) is 2. The van der Waals surface area contributed by atoms with Gasteiger partial charge in [-0.1, -0.05) is 33.6 Å². The van der Waals surface area contributed by atoms with Crippen molar-refractivity contribution < 1.29 is 0 Å². The molecule has 3 N–H and O–H groups in total. The first-order chi connectivity index (χ1) is 6.17. The van der Waals surface area contributed by atoms with Crippen LogP contribution in [0, 0.1) is 0 Å². The molecule has 2 nitrogen and oxygen atoms in total. The van der Waals surface area contributed by atoms with E-state index in [1.165, 1.54) is 0 Å². The van der Waals surface area contributed by atoms with E-state index in [9.17, 15) is 0 Å². The molecule has 0 bridgehead atoms. The van der Waals surface area contributed by atoms with Crippen molar-refractivity contribution >= 4 is 27.5 Å². The molecule has 0 heterocycles. The molecule has 1 aromatic carbocycles. The number of nitrogens with two attached hydrogens (primary N) is 1. The minimum absolute atomic E-state index is 0.0741. The standard InChI is InChI=1S/C9H10BrClN2/c1-2-9(13-12)6-3-7(10)5-8(11)4-6/h2-5,9,13H,1,12H2. The molecule has 13 heavy (non-hydrogen) atoms. The summed E-state index contributed by atoms with van der Waals surface area (Å²) in [6, 6.07) is 5.54. The van der Waals surface area contributed by atoms with E-state index in [1.807, 2.05) is 18.2 Å². The summed E-state index contributed by atoms with van der Waals surface area (Å²) in [5, 5.41) is 0.673. The van der Waals surface area contributed by atoms with Crippen LogP contribution in [0.2, 0.25) is 5.02 Å². The topological polar surface area (TPSA) is 38.0 Å². The first kappa shape index (κ1) is 10.7. The summed E-state index contributed by atoms with van der Waals surface area (Å²) in [6.07, 6.45) is 1.72. The van der Waals surface area contributed by atoms with Crippen LogP contribution in [0.4, 0.5) is 0 Å². The fourth-order valence-corrected chi connectivity index (χ4v) is 1.94. The van der Waals surface area contributed by atoms with Gasteiger partial charge in [-0.3, -0.25) is 5.84 Å². The van der Waals surface area contributed by atoms with Gasteiger partial charge in [-0.15, -0.1) is 6.58 Å². The van der Waals surface area contributed by atoms with Crippen molar-refractivity contribution in [3.8, 4) is 0 Å². The lowest BCUT2D eigenvalue weighted by Crippen LogP contribution is -2.26. The Morgan fingerprint density at radius 2 is 2.23 bits per heavy atom. The summed E-state index contributed by atoms with van der Waals surface area (Å²) in [6.45, 7) is 3.67. The van der Waals surface area contributed by atoms with Gasteiger partial charge >= 0.3 is 0 Å².